The average Bonchev–Trinajstić information content (AvgIpc) is 3.01. The number of benzene rings is 2. The molecule has 0 N–H and O–H groups in total. The summed E-state index contributed by atoms with van der Waals surface area (Å²) in [6, 6.07) is 18.2. The van der Waals surface area contributed by atoms with Crippen molar-refractivity contribution in [2.24, 2.45) is 0 Å². The molecule has 5 nitrogen and oxygen atoms in total. The van der Waals surface area contributed by atoms with Crippen LogP contribution in [0.1, 0.15) is 16.7 Å². The highest BCUT2D eigenvalue weighted by Gasteiger charge is 2.36. The maximum atomic E-state index is 12.4. The van der Waals surface area contributed by atoms with E-state index >= 15 is 0 Å². The van der Waals surface area contributed by atoms with Crippen molar-refractivity contribution in [3.8, 4) is 6.07 Å². The van der Waals surface area contributed by atoms with E-state index in [-0.39, 0.29) is 12.6 Å². The number of ether oxygens (including phenoxy) is 1. The molecule has 0 saturated carbocycles. The van der Waals surface area contributed by atoms with Crippen LogP contribution in [0.25, 0.3) is 6.08 Å². The van der Waals surface area contributed by atoms with Gasteiger partial charge in [0.15, 0.2) is 0 Å². The highest BCUT2D eigenvalue weighted by molar-refractivity contribution is 6.02. The number of amides is 2. The van der Waals surface area contributed by atoms with Crippen LogP contribution in [0.4, 0.5) is 4.79 Å². The van der Waals surface area contributed by atoms with E-state index in [1.807, 2.05) is 36.4 Å². The van der Waals surface area contributed by atoms with Crippen LogP contribution in [-0.2, 0) is 16.0 Å². The number of nitriles is 1. The van der Waals surface area contributed by atoms with E-state index in [1.165, 1.54) is 6.08 Å². The molecular weight excluding hydrogens is 316 g/mol. The van der Waals surface area contributed by atoms with Crippen molar-refractivity contribution in [3.05, 3.63) is 77.4 Å². The van der Waals surface area contributed by atoms with Gasteiger partial charge in [-0.3, -0.25) is 4.79 Å². The summed E-state index contributed by atoms with van der Waals surface area (Å²) in [7, 11) is 0. The molecular formula is C20H16N2O3. The number of hydrogen-bond donors (Lipinski definition) is 0. The predicted octanol–water partition coefficient (Wildman–Crippen LogP) is 3.16. The number of carbonyl (C=O) groups is 2. The Morgan fingerprint density at radius 1 is 1.20 bits per heavy atom. The molecule has 1 saturated heterocycles. The van der Waals surface area contributed by atoms with Crippen LogP contribution < -0.4 is 0 Å². The Kier molecular flexibility index (Phi) is 4.91. The Morgan fingerprint density at radius 3 is 2.60 bits per heavy atom. The minimum Gasteiger partial charge on any atom is -0.447 e. The standard InChI is InChI=1S/C20H16N2O3/c21-13-17-8-6-15(7-9-17)10-11-19(23)22-18(14-25-20(22)24)12-16-4-2-1-3-5-16/h1-11,18H,12,14H2. The van der Waals surface area contributed by atoms with Gasteiger partial charge in [0, 0.05) is 6.08 Å². The summed E-state index contributed by atoms with van der Waals surface area (Å²) in [5.41, 5.74) is 2.37. The summed E-state index contributed by atoms with van der Waals surface area (Å²) < 4.78 is 5.05. The average molecular weight is 332 g/mol. The molecule has 2 aromatic carbocycles. The second kappa shape index (κ2) is 7.45. The highest BCUT2D eigenvalue weighted by Crippen LogP contribution is 2.18. The fourth-order valence-corrected chi connectivity index (χ4v) is 2.68. The van der Waals surface area contributed by atoms with E-state index in [0.717, 1.165) is 16.0 Å². The monoisotopic (exact) mass is 332 g/mol. The third kappa shape index (κ3) is 3.93. The number of carbonyl (C=O) groups excluding carboxylic acids is 2. The first-order chi connectivity index (χ1) is 12.2. The van der Waals surface area contributed by atoms with Crippen LogP contribution >= 0.6 is 0 Å². The third-order valence-electron chi connectivity index (χ3n) is 3.97. The van der Waals surface area contributed by atoms with E-state index < -0.39 is 12.0 Å². The summed E-state index contributed by atoms with van der Waals surface area (Å²) >= 11 is 0. The second-order valence-corrected chi connectivity index (χ2v) is 5.70. The molecule has 124 valence electrons. The second-order valence-electron chi connectivity index (χ2n) is 5.70. The summed E-state index contributed by atoms with van der Waals surface area (Å²) in [6.45, 7) is 0.199. The lowest BCUT2D eigenvalue weighted by atomic mass is 10.1. The number of nitrogens with zero attached hydrogens (tertiary/aromatic N) is 2. The molecule has 2 amide bonds. The lowest BCUT2D eigenvalue weighted by Gasteiger charge is -2.18. The molecule has 1 fully saturated rings. The zero-order valence-electron chi connectivity index (χ0n) is 13.5. The lowest BCUT2D eigenvalue weighted by molar-refractivity contribution is -0.124. The van der Waals surface area contributed by atoms with E-state index in [0.29, 0.717) is 12.0 Å². The van der Waals surface area contributed by atoms with Crippen LogP contribution in [-0.4, -0.2) is 29.5 Å². The largest absolute Gasteiger partial charge is 0.447 e. The fourth-order valence-electron chi connectivity index (χ4n) is 2.68. The van der Waals surface area contributed by atoms with Gasteiger partial charge in [-0.05, 0) is 35.8 Å². The highest BCUT2D eigenvalue weighted by atomic mass is 16.6. The van der Waals surface area contributed by atoms with Crippen molar-refractivity contribution in [2.45, 2.75) is 12.5 Å². The van der Waals surface area contributed by atoms with Crippen molar-refractivity contribution in [1.82, 2.24) is 4.90 Å². The molecule has 0 aromatic heterocycles. The molecule has 1 atom stereocenters. The Labute approximate surface area is 145 Å². The Hall–Kier alpha value is -3.39. The fraction of sp³-hybridized carbons (Fsp3) is 0.150. The number of cyclic esters (lactones) is 1. The van der Waals surface area contributed by atoms with Crippen LogP contribution in [0.5, 0.6) is 0 Å². The normalized spacial score (nSPS) is 16.7. The summed E-state index contributed by atoms with van der Waals surface area (Å²) in [6.07, 6.45) is 2.92. The van der Waals surface area contributed by atoms with Crippen LogP contribution in [0, 0.1) is 11.3 Å². The Balaban J connectivity index is 1.71. The zero-order chi connectivity index (χ0) is 17.6. The van der Waals surface area contributed by atoms with Crippen molar-refractivity contribution >= 4 is 18.1 Å². The molecule has 0 aliphatic carbocycles. The first-order valence-electron chi connectivity index (χ1n) is 7.89. The quantitative estimate of drug-likeness (QED) is 0.806. The third-order valence-corrected chi connectivity index (χ3v) is 3.97. The van der Waals surface area contributed by atoms with Gasteiger partial charge in [-0.15, -0.1) is 0 Å². The van der Waals surface area contributed by atoms with Gasteiger partial charge in [0.05, 0.1) is 17.7 Å². The van der Waals surface area contributed by atoms with Gasteiger partial charge < -0.3 is 4.74 Å². The molecule has 0 spiro atoms. The van der Waals surface area contributed by atoms with Crippen LogP contribution in [0.2, 0.25) is 0 Å². The van der Waals surface area contributed by atoms with Gasteiger partial charge in [-0.2, -0.15) is 5.26 Å². The summed E-state index contributed by atoms with van der Waals surface area (Å²) in [5, 5.41) is 8.79. The SMILES string of the molecule is N#Cc1ccc(C=CC(=O)N2C(=O)OCC2Cc2ccccc2)cc1. The minimum absolute atomic E-state index is 0.199. The first-order valence-corrected chi connectivity index (χ1v) is 7.89. The van der Waals surface area contributed by atoms with Gasteiger partial charge in [0.2, 0.25) is 0 Å². The van der Waals surface area contributed by atoms with E-state index in [2.05, 4.69) is 0 Å². The van der Waals surface area contributed by atoms with Gasteiger partial charge >= 0.3 is 6.09 Å². The topological polar surface area (TPSA) is 70.4 Å². The van der Waals surface area contributed by atoms with E-state index in [1.54, 1.807) is 30.3 Å². The summed E-state index contributed by atoms with van der Waals surface area (Å²) in [4.78, 5) is 25.5. The van der Waals surface area contributed by atoms with Gasteiger partial charge in [-0.25, -0.2) is 9.69 Å². The maximum absolute atomic E-state index is 12.4. The predicted molar refractivity (Wildman–Crippen MR) is 92.3 cm³/mol. The molecule has 1 unspecified atom stereocenters. The van der Waals surface area contributed by atoms with Crippen LogP contribution in [0.15, 0.2) is 60.7 Å². The minimum atomic E-state index is -0.615. The Bertz CT molecular complexity index is 835. The maximum Gasteiger partial charge on any atom is 0.417 e. The summed E-state index contributed by atoms with van der Waals surface area (Å²) in [5.74, 6) is -0.409. The molecule has 25 heavy (non-hydrogen) atoms. The molecule has 5 heteroatoms. The van der Waals surface area contributed by atoms with E-state index in [4.69, 9.17) is 10.00 Å². The molecule has 1 heterocycles. The molecule has 2 aromatic rings. The molecule has 0 radical (unpaired) electrons. The van der Waals surface area contributed by atoms with Crippen molar-refractivity contribution in [2.75, 3.05) is 6.61 Å². The molecule has 1 aliphatic rings. The number of rotatable bonds is 4. The van der Waals surface area contributed by atoms with Gasteiger partial charge in [-0.1, -0.05) is 42.5 Å². The number of hydrogen-bond acceptors (Lipinski definition) is 4. The van der Waals surface area contributed by atoms with Crippen molar-refractivity contribution < 1.29 is 14.3 Å². The smallest absolute Gasteiger partial charge is 0.417 e. The Morgan fingerprint density at radius 2 is 1.92 bits per heavy atom. The molecule has 1 aliphatic heterocycles. The first kappa shape index (κ1) is 16.5. The number of imide groups is 1. The van der Waals surface area contributed by atoms with E-state index in [9.17, 15) is 9.59 Å². The van der Waals surface area contributed by atoms with Crippen molar-refractivity contribution in [1.29, 1.82) is 5.26 Å². The van der Waals surface area contributed by atoms with Crippen LogP contribution in [0.3, 0.4) is 0 Å². The van der Waals surface area contributed by atoms with Crippen molar-refractivity contribution in [3.63, 3.8) is 0 Å². The van der Waals surface area contributed by atoms with Gasteiger partial charge in [0.1, 0.15) is 6.61 Å². The molecule has 0 bridgehead atoms. The lowest BCUT2D eigenvalue weighted by Crippen LogP contribution is -2.39. The molecule has 3 rings (SSSR count). The zero-order valence-corrected chi connectivity index (χ0v) is 13.5. The van der Waals surface area contributed by atoms with Gasteiger partial charge in [0.25, 0.3) is 5.91 Å².